The van der Waals surface area contributed by atoms with Crippen LogP contribution in [-0.2, 0) is 60.8 Å². The maximum absolute atomic E-state index is 6.30. The average Bonchev–Trinajstić information content (AvgIpc) is 3.58. The number of hydrogen-bond donors (Lipinski definition) is 0. The van der Waals surface area contributed by atoms with Crippen molar-refractivity contribution in [3.63, 3.8) is 0 Å². The summed E-state index contributed by atoms with van der Waals surface area (Å²) in [6, 6.07) is 27.8. The number of ether oxygens (including phenoxy) is 4. The van der Waals surface area contributed by atoms with Crippen molar-refractivity contribution in [1.82, 2.24) is 0 Å². The van der Waals surface area contributed by atoms with E-state index in [9.17, 15) is 0 Å². The highest BCUT2D eigenvalue weighted by Crippen LogP contribution is 2.34. The van der Waals surface area contributed by atoms with E-state index in [4.69, 9.17) is 18.9 Å². The zero-order valence-electron chi connectivity index (χ0n) is 27.2. The first-order valence-electron chi connectivity index (χ1n) is 17.4. The second kappa shape index (κ2) is 13.8. The lowest BCUT2D eigenvalue weighted by Gasteiger charge is -2.27. The molecule has 0 aromatic heterocycles. The van der Waals surface area contributed by atoms with Crippen molar-refractivity contribution in [2.45, 2.75) is 51.4 Å². The molecule has 47 heavy (non-hydrogen) atoms. The van der Waals surface area contributed by atoms with Gasteiger partial charge in [-0.1, -0.05) is 48.5 Å². The predicted molar refractivity (Wildman–Crippen MR) is 187 cm³/mol. The molecule has 3 heterocycles. The van der Waals surface area contributed by atoms with Crippen molar-refractivity contribution in [2.75, 3.05) is 56.1 Å². The first-order valence-corrected chi connectivity index (χ1v) is 17.4. The van der Waals surface area contributed by atoms with E-state index in [0.29, 0.717) is 39.6 Å². The van der Waals surface area contributed by atoms with E-state index in [1.165, 1.54) is 55.9 Å². The Kier molecular flexibility index (Phi) is 8.87. The normalized spacial score (nSPS) is 18.2. The zero-order chi connectivity index (χ0) is 31.4. The molecule has 8 aliphatic carbocycles. The van der Waals surface area contributed by atoms with Crippen molar-refractivity contribution in [1.29, 1.82) is 0 Å². The highest BCUT2D eigenvalue weighted by Gasteiger charge is 2.22. The molecule has 0 amide bonds. The molecular weight excluding hydrogens is 584 g/mol. The predicted octanol–water partition coefficient (Wildman–Crippen LogP) is 7.01. The molecule has 6 nitrogen and oxygen atoms in total. The molecule has 0 spiro atoms. The smallest absolute Gasteiger partial charge is 0.122 e. The lowest BCUT2D eigenvalue weighted by Crippen LogP contribution is -2.26. The molecule has 4 aromatic rings. The van der Waals surface area contributed by atoms with Crippen LogP contribution in [0, 0.1) is 0 Å². The molecule has 0 fully saturated rings. The van der Waals surface area contributed by atoms with Gasteiger partial charge in [0.2, 0.25) is 0 Å². The molecule has 242 valence electrons. The van der Waals surface area contributed by atoms with Crippen LogP contribution >= 0.6 is 0 Å². The minimum Gasteiger partial charge on any atom is -0.491 e. The fourth-order valence-electron chi connectivity index (χ4n) is 7.27. The van der Waals surface area contributed by atoms with Crippen LogP contribution in [0.4, 0.5) is 11.4 Å². The van der Waals surface area contributed by atoms with Crippen molar-refractivity contribution < 1.29 is 18.9 Å². The van der Waals surface area contributed by atoms with E-state index in [1.54, 1.807) is 0 Å². The van der Waals surface area contributed by atoms with Gasteiger partial charge in [0, 0.05) is 23.8 Å². The lowest BCUT2D eigenvalue weighted by atomic mass is 9.94. The molecule has 0 atom stereocenters. The van der Waals surface area contributed by atoms with Gasteiger partial charge in [0.05, 0.1) is 33.1 Å². The van der Waals surface area contributed by atoms with Crippen molar-refractivity contribution in [2.24, 2.45) is 0 Å². The Hall–Kier alpha value is -4.26. The van der Waals surface area contributed by atoms with Gasteiger partial charge in [0.15, 0.2) is 0 Å². The summed E-state index contributed by atoms with van der Waals surface area (Å²) in [5.41, 5.74) is 13.3. The maximum atomic E-state index is 6.30. The molecular formula is C41H44N2O4. The summed E-state index contributed by atoms with van der Waals surface area (Å²) in [4.78, 5) is 4.89. The summed E-state index contributed by atoms with van der Waals surface area (Å²) in [6.45, 7) is 4.02. The Bertz CT molecular complexity index is 1640. The number of anilines is 2. The van der Waals surface area contributed by atoms with E-state index < -0.39 is 0 Å². The van der Waals surface area contributed by atoms with Gasteiger partial charge in [-0.15, -0.1) is 0 Å². The highest BCUT2D eigenvalue weighted by atomic mass is 16.6. The largest absolute Gasteiger partial charge is 0.491 e. The number of fused-ring (bicyclic) bond motifs is 9. The van der Waals surface area contributed by atoms with E-state index in [1.807, 2.05) is 0 Å². The topological polar surface area (TPSA) is 43.4 Å². The number of aryl methyl sites for hydroxylation is 8. The highest BCUT2D eigenvalue weighted by molar-refractivity contribution is 5.66. The zero-order valence-corrected chi connectivity index (χ0v) is 27.2. The fourth-order valence-corrected chi connectivity index (χ4v) is 7.27. The van der Waals surface area contributed by atoms with Crippen LogP contribution in [0.15, 0.2) is 85.2 Å². The Morgan fingerprint density at radius 1 is 0.383 bits per heavy atom. The molecule has 0 unspecified atom stereocenters. The Balaban J connectivity index is 1.10. The van der Waals surface area contributed by atoms with Gasteiger partial charge in [-0.05, 0) is 120 Å². The standard InChI is InChI=1S/C41H44N2O4/c1-9-34-11-3-32-7-15-36-13-5-30(1)25-38(34)42-17-18-43(29-42)39-26-31-2-10-35(39)12-4-33-8-16-37(14-6-31)41(28-33)47-24-22-45-20-19-44-21-23-46-40(36)27-32/h1-2,7-10,15-18,25-28H,3-6,11-14,19-24,29H2. The van der Waals surface area contributed by atoms with Gasteiger partial charge in [0.25, 0.3) is 0 Å². The van der Waals surface area contributed by atoms with Crippen LogP contribution in [0.3, 0.4) is 0 Å². The minimum atomic E-state index is 0.526. The van der Waals surface area contributed by atoms with E-state index >= 15 is 0 Å². The molecule has 0 saturated carbocycles. The minimum absolute atomic E-state index is 0.526. The first kappa shape index (κ1) is 30.1. The molecule has 0 N–H and O–H groups in total. The maximum Gasteiger partial charge on any atom is 0.122 e. The van der Waals surface area contributed by atoms with Gasteiger partial charge in [-0.2, -0.15) is 0 Å². The van der Waals surface area contributed by atoms with Gasteiger partial charge in [-0.3, -0.25) is 0 Å². The average molecular weight is 629 g/mol. The summed E-state index contributed by atoms with van der Waals surface area (Å²) in [5.74, 6) is 1.98. The summed E-state index contributed by atoms with van der Waals surface area (Å²) in [5, 5.41) is 0. The second-order valence-corrected chi connectivity index (χ2v) is 13.1. The van der Waals surface area contributed by atoms with E-state index in [-0.39, 0.29) is 0 Å². The number of rotatable bonds is 0. The summed E-state index contributed by atoms with van der Waals surface area (Å²) in [6.07, 6.45) is 12.3. The monoisotopic (exact) mass is 628 g/mol. The summed E-state index contributed by atoms with van der Waals surface area (Å²) >= 11 is 0. The van der Waals surface area contributed by atoms with Gasteiger partial charge in [0.1, 0.15) is 24.7 Å². The van der Waals surface area contributed by atoms with Gasteiger partial charge >= 0.3 is 0 Å². The van der Waals surface area contributed by atoms with E-state index in [2.05, 4.69) is 95.0 Å². The molecule has 4 aromatic carbocycles. The third kappa shape index (κ3) is 6.90. The Morgan fingerprint density at radius 2 is 0.766 bits per heavy atom. The summed E-state index contributed by atoms with van der Waals surface area (Å²) < 4.78 is 24.3. The van der Waals surface area contributed by atoms with Crippen LogP contribution in [0.25, 0.3) is 0 Å². The van der Waals surface area contributed by atoms with Crippen LogP contribution in [0.5, 0.6) is 11.5 Å². The Labute approximate surface area is 278 Å². The van der Waals surface area contributed by atoms with Crippen molar-refractivity contribution >= 4 is 11.4 Å². The quantitative estimate of drug-likeness (QED) is 0.195. The number of hydrogen-bond acceptors (Lipinski definition) is 6. The Morgan fingerprint density at radius 3 is 1.23 bits per heavy atom. The van der Waals surface area contributed by atoms with Gasteiger partial charge in [-0.25, -0.2) is 0 Å². The molecule has 0 saturated heterocycles. The third-order valence-corrected chi connectivity index (χ3v) is 9.99. The lowest BCUT2D eigenvalue weighted by molar-refractivity contribution is 0.0272. The molecule has 3 aliphatic heterocycles. The molecule has 0 radical (unpaired) electrons. The van der Waals surface area contributed by atoms with Crippen molar-refractivity contribution in [3.8, 4) is 11.5 Å². The van der Waals surface area contributed by atoms with Gasteiger partial charge < -0.3 is 28.7 Å². The first-order chi connectivity index (χ1) is 23.2. The fraction of sp³-hybridized carbons (Fsp3) is 0.366. The van der Waals surface area contributed by atoms with Crippen LogP contribution in [0.1, 0.15) is 44.5 Å². The van der Waals surface area contributed by atoms with Crippen LogP contribution in [-0.4, -0.2) is 46.3 Å². The number of benzene rings is 4. The molecule has 6 heteroatoms. The third-order valence-electron chi connectivity index (χ3n) is 9.99. The molecule has 15 rings (SSSR count). The SMILES string of the molecule is C1=CN2CN1c1cc3ccc1CCc1ccc(c(c1)OCCOCCOCCOc1cc4ccc1CCc1ccc(c2c1)CC4)CC3. The van der Waals surface area contributed by atoms with Crippen LogP contribution < -0.4 is 19.3 Å². The molecule has 14 bridgehead atoms. The molecule has 11 aliphatic rings. The van der Waals surface area contributed by atoms with E-state index in [0.717, 1.165) is 69.5 Å². The van der Waals surface area contributed by atoms with Crippen LogP contribution in [0.2, 0.25) is 0 Å². The summed E-state index contributed by atoms with van der Waals surface area (Å²) in [7, 11) is 0. The van der Waals surface area contributed by atoms with Crippen molar-refractivity contribution in [3.05, 3.63) is 130 Å². The second-order valence-electron chi connectivity index (χ2n) is 13.1. The number of nitrogens with zero attached hydrogens (tertiary/aromatic N) is 2.